The molecule has 37 heavy (non-hydrogen) atoms. The molecule has 0 unspecified atom stereocenters. The van der Waals surface area contributed by atoms with Gasteiger partial charge < -0.3 is 29.0 Å². The summed E-state index contributed by atoms with van der Waals surface area (Å²) >= 11 is 6.15. The van der Waals surface area contributed by atoms with Crippen molar-refractivity contribution in [2.24, 2.45) is 5.92 Å². The van der Waals surface area contributed by atoms with Gasteiger partial charge in [0.25, 0.3) is 0 Å². The van der Waals surface area contributed by atoms with Gasteiger partial charge in [-0.15, -0.1) is 0 Å². The molecule has 0 aliphatic heterocycles. The largest absolute Gasteiger partial charge is 0.493 e. The Morgan fingerprint density at radius 1 is 0.892 bits per heavy atom. The molecule has 0 saturated heterocycles. The normalized spacial score (nSPS) is 15.3. The zero-order chi connectivity index (χ0) is 26.9. The van der Waals surface area contributed by atoms with Gasteiger partial charge in [0.15, 0.2) is 28.8 Å². The molecule has 0 radical (unpaired) electrons. The van der Waals surface area contributed by atoms with Crippen molar-refractivity contribution in [3.8, 4) is 28.7 Å². The molecule has 1 aliphatic carbocycles. The summed E-state index contributed by atoms with van der Waals surface area (Å²) in [5.74, 6) is 2.72. The maximum absolute atomic E-state index is 12.7. The highest BCUT2D eigenvalue weighted by Crippen LogP contribution is 2.41. The fourth-order valence-electron chi connectivity index (χ4n) is 3.94. The monoisotopic (exact) mass is 525 g/mol. The molecule has 0 fully saturated rings. The van der Waals surface area contributed by atoms with Crippen LogP contribution in [0.1, 0.15) is 24.5 Å². The number of hydrogen-bond acceptors (Lipinski definition) is 7. The van der Waals surface area contributed by atoms with E-state index in [2.05, 4.69) is 5.32 Å². The molecule has 0 amide bonds. The van der Waals surface area contributed by atoms with Gasteiger partial charge in [0.1, 0.15) is 0 Å². The van der Waals surface area contributed by atoms with Gasteiger partial charge in [-0.2, -0.15) is 0 Å². The van der Waals surface area contributed by atoms with Crippen LogP contribution >= 0.6 is 11.6 Å². The number of ether oxygens (including phenoxy) is 5. The number of allylic oxidation sites excluding steroid dienone is 5. The van der Waals surface area contributed by atoms with Crippen molar-refractivity contribution in [3.05, 3.63) is 70.4 Å². The molecule has 0 heterocycles. The average molecular weight is 526 g/mol. The van der Waals surface area contributed by atoms with Crippen molar-refractivity contribution >= 4 is 35.2 Å². The molecule has 1 atom stereocenters. The van der Waals surface area contributed by atoms with E-state index in [1.807, 2.05) is 43.3 Å². The van der Waals surface area contributed by atoms with Gasteiger partial charge in [-0.3, -0.25) is 4.79 Å². The Morgan fingerprint density at radius 3 is 2.11 bits per heavy atom. The SMILES string of the molecule is COc1cc(/C=C\c2ccc(OC)c(OC)c2N/C=C\C(=O)C2=CC=C(Cl)[C@@H](C)C2)cc(OC)c1OC. The lowest BCUT2D eigenvalue weighted by Gasteiger charge is -2.16. The molecule has 3 rings (SSSR count). The molecule has 0 aromatic heterocycles. The van der Waals surface area contributed by atoms with Gasteiger partial charge in [0, 0.05) is 28.4 Å². The van der Waals surface area contributed by atoms with Crippen LogP contribution in [0.5, 0.6) is 28.7 Å². The lowest BCUT2D eigenvalue weighted by atomic mass is 9.93. The zero-order valence-corrected chi connectivity index (χ0v) is 22.6. The third-order valence-electron chi connectivity index (χ3n) is 5.94. The molecule has 196 valence electrons. The quantitative estimate of drug-likeness (QED) is 0.265. The summed E-state index contributed by atoms with van der Waals surface area (Å²) in [4.78, 5) is 12.7. The van der Waals surface area contributed by atoms with Crippen LogP contribution in [0, 0.1) is 5.92 Å². The van der Waals surface area contributed by atoms with Crippen molar-refractivity contribution in [2.45, 2.75) is 13.3 Å². The number of benzene rings is 2. The molecule has 0 spiro atoms. The maximum atomic E-state index is 12.7. The zero-order valence-electron chi connectivity index (χ0n) is 21.9. The van der Waals surface area contributed by atoms with Crippen LogP contribution in [0.2, 0.25) is 0 Å². The van der Waals surface area contributed by atoms with Crippen molar-refractivity contribution in [1.29, 1.82) is 0 Å². The molecule has 0 saturated carbocycles. The third kappa shape index (κ3) is 6.49. The van der Waals surface area contributed by atoms with E-state index < -0.39 is 0 Å². The predicted molar refractivity (Wildman–Crippen MR) is 148 cm³/mol. The Hall–Kier alpha value is -3.84. The summed E-state index contributed by atoms with van der Waals surface area (Å²) in [5.41, 5.74) is 2.99. The molecule has 7 nitrogen and oxygen atoms in total. The Morgan fingerprint density at radius 2 is 1.54 bits per heavy atom. The summed E-state index contributed by atoms with van der Waals surface area (Å²) in [7, 11) is 7.84. The summed E-state index contributed by atoms with van der Waals surface area (Å²) in [6, 6.07) is 7.41. The van der Waals surface area contributed by atoms with Crippen LogP contribution in [-0.4, -0.2) is 41.3 Å². The minimum absolute atomic E-state index is 0.0869. The first-order valence-electron chi connectivity index (χ1n) is 11.6. The highest BCUT2D eigenvalue weighted by molar-refractivity contribution is 6.30. The minimum atomic E-state index is -0.0869. The second-order valence-electron chi connectivity index (χ2n) is 8.25. The van der Waals surface area contributed by atoms with E-state index in [1.165, 1.54) is 6.08 Å². The summed E-state index contributed by atoms with van der Waals surface area (Å²) in [6.45, 7) is 1.99. The van der Waals surface area contributed by atoms with Crippen molar-refractivity contribution in [1.82, 2.24) is 0 Å². The molecule has 2 aromatic rings. The van der Waals surface area contributed by atoms with Crippen molar-refractivity contribution in [2.75, 3.05) is 40.9 Å². The van der Waals surface area contributed by atoms with E-state index in [0.29, 0.717) is 46.4 Å². The molecule has 1 N–H and O–H groups in total. The Balaban J connectivity index is 1.93. The first kappa shape index (κ1) is 27.7. The van der Waals surface area contributed by atoms with E-state index >= 15 is 0 Å². The van der Waals surface area contributed by atoms with E-state index in [1.54, 1.807) is 53.9 Å². The maximum Gasteiger partial charge on any atom is 0.203 e. The van der Waals surface area contributed by atoms with Gasteiger partial charge in [0.2, 0.25) is 5.75 Å². The molecule has 1 aliphatic rings. The number of hydrogen-bond donors (Lipinski definition) is 1. The van der Waals surface area contributed by atoms with Crippen molar-refractivity contribution < 1.29 is 28.5 Å². The van der Waals surface area contributed by atoms with Crippen LogP contribution in [0.25, 0.3) is 12.2 Å². The highest BCUT2D eigenvalue weighted by Gasteiger charge is 2.18. The third-order valence-corrected chi connectivity index (χ3v) is 6.44. The summed E-state index contributed by atoms with van der Waals surface area (Å²) < 4.78 is 27.4. The van der Waals surface area contributed by atoms with Gasteiger partial charge in [-0.25, -0.2) is 0 Å². The van der Waals surface area contributed by atoms with Gasteiger partial charge in [-0.05, 0) is 48.2 Å². The number of ketones is 1. The number of anilines is 1. The number of halogens is 1. The van der Waals surface area contributed by atoms with E-state index in [9.17, 15) is 4.79 Å². The van der Waals surface area contributed by atoms with Crippen LogP contribution in [0.15, 0.2) is 59.3 Å². The number of carbonyl (C=O) groups excluding carboxylic acids is 1. The first-order chi connectivity index (χ1) is 17.9. The van der Waals surface area contributed by atoms with Gasteiger partial charge in [-0.1, -0.05) is 36.8 Å². The molecule has 2 aromatic carbocycles. The Kier molecular flexibility index (Phi) is 9.69. The lowest BCUT2D eigenvalue weighted by Crippen LogP contribution is -2.08. The van der Waals surface area contributed by atoms with Crippen molar-refractivity contribution in [3.63, 3.8) is 0 Å². The minimum Gasteiger partial charge on any atom is -0.493 e. The number of rotatable bonds is 11. The summed E-state index contributed by atoms with van der Waals surface area (Å²) in [5, 5.41) is 3.95. The second-order valence-corrected chi connectivity index (χ2v) is 8.68. The molecule has 0 bridgehead atoms. The molecular formula is C29H32ClNO6. The Labute approximate surface area is 223 Å². The second kappa shape index (κ2) is 12.9. The van der Waals surface area contributed by atoms with Crippen LogP contribution in [0.4, 0.5) is 5.69 Å². The fourth-order valence-corrected chi connectivity index (χ4v) is 4.08. The van der Waals surface area contributed by atoms with E-state index in [0.717, 1.165) is 16.2 Å². The van der Waals surface area contributed by atoms with Crippen LogP contribution in [0.3, 0.4) is 0 Å². The number of methoxy groups -OCH3 is 5. The van der Waals surface area contributed by atoms with Gasteiger partial charge in [0.05, 0.1) is 41.2 Å². The van der Waals surface area contributed by atoms with Crippen LogP contribution in [-0.2, 0) is 4.79 Å². The van der Waals surface area contributed by atoms with E-state index in [4.69, 9.17) is 35.3 Å². The highest BCUT2D eigenvalue weighted by atomic mass is 35.5. The average Bonchev–Trinajstić information content (AvgIpc) is 2.92. The molecular weight excluding hydrogens is 494 g/mol. The topological polar surface area (TPSA) is 75.2 Å². The van der Waals surface area contributed by atoms with E-state index in [-0.39, 0.29) is 11.7 Å². The number of carbonyl (C=O) groups is 1. The van der Waals surface area contributed by atoms with Crippen LogP contribution < -0.4 is 29.0 Å². The molecule has 8 heteroatoms. The summed E-state index contributed by atoms with van der Waals surface area (Å²) in [6.07, 6.45) is 11.1. The predicted octanol–water partition coefficient (Wildman–Crippen LogP) is 6.48. The standard InChI is InChI=1S/C29H32ClNO6/c1-18-15-21(9-11-22(18)30)23(32)13-14-31-27-20(10-12-24(33-2)29(27)37-6)8-7-19-16-25(34-3)28(36-5)26(17-19)35-4/h7-14,16-18,31H,15H2,1-6H3/b8-7-,14-13-/t18-/m0/s1. The first-order valence-corrected chi connectivity index (χ1v) is 12.0. The van der Waals surface area contributed by atoms with Gasteiger partial charge >= 0.3 is 0 Å². The smallest absolute Gasteiger partial charge is 0.203 e. The Bertz CT molecular complexity index is 1240. The number of nitrogens with one attached hydrogen (secondary N) is 1. The lowest BCUT2D eigenvalue weighted by molar-refractivity contribution is -0.111. The fraction of sp³-hybridized carbons (Fsp3) is 0.276.